The van der Waals surface area contributed by atoms with Crippen LogP contribution in [0.25, 0.3) is 0 Å². The molecule has 1 heterocycles. The molecule has 0 aromatic heterocycles. The second-order valence-corrected chi connectivity index (χ2v) is 3.65. The van der Waals surface area contributed by atoms with Crippen molar-refractivity contribution in [1.29, 1.82) is 0 Å². The summed E-state index contributed by atoms with van der Waals surface area (Å²) in [4.78, 5) is 4.26. The zero-order valence-corrected chi connectivity index (χ0v) is 8.24. The second kappa shape index (κ2) is 3.42. The molecule has 2 aliphatic rings. The van der Waals surface area contributed by atoms with Crippen molar-refractivity contribution in [3.63, 3.8) is 0 Å². The first-order chi connectivity index (χ1) is 6.68. The number of halogens is 1. The van der Waals surface area contributed by atoms with Crippen LogP contribution in [-0.2, 0) is 0 Å². The van der Waals surface area contributed by atoms with Gasteiger partial charge in [0.05, 0.1) is 11.1 Å². The Bertz CT molecular complexity index is 404. The highest BCUT2D eigenvalue weighted by Crippen LogP contribution is 2.30. The third-order valence-corrected chi connectivity index (χ3v) is 2.60. The van der Waals surface area contributed by atoms with Crippen LogP contribution in [-0.4, -0.2) is 23.7 Å². The fraction of sp³-hybridized carbons (Fsp3) is 0.200. The minimum Gasteiger partial charge on any atom is -0.619 e. The molecule has 1 aliphatic heterocycles. The van der Waals surface area contributed by atoms with Gasteiger partial charge >= 0.3 is 0 Å². The van der Waals surface area contributed by atoms with Gasteiger partial charge in [-0.15, -0.1) is 0 Å². The molecule has 0 bridgehead atoms. The minimum absolute atomic E-state index is 0.0659. The van der Waals surface area contributed by atoms with Crippen molar-refractivity contribution < 1.29 is 4.74 Å². The van der Waals surface area contributed by atoms with E-state index in [-0.39, 0.29) is 6.04 Å². The molecule has 1 atom stereocenters. The summed E-state index contributed by atoms with van der Waals surface area (Å²) < 4.78 is 0.539. The second-order valence-electron chi connectivity index (χ2n) is 3.19. The predicted octanol–water partition coefficient (Wildman–Crippen LogP) is 1.99. The molecule has 0 radical (unpaired) electrons. The summed E-state index contributed by atoms with van der Waals surface area (Å²) in [6, 6.07) is 0.0659. The first-order valence-corrected chi connectivity index (χ1v) is 4.64. The fourth-order valence-corrected chi connectivity index (χ4v) is 1.83. The lowest BCUT2D eigenvalue weighted by atomic mass is 9.96. The van der Waals surface area contributed by atoms with E-state index in [4.69, 9.17) is 11.6 Å². The summed E-state index contributed by atoms with van der Waals surface area (Å²) in [5.74, 6) is 0. The molecule has 0 aromatic rings. The van der Waals surface area contributed by atoms with Crippen molar-refractivity contribution in [2.24, 2.45) is 4.99 Å². The first kappa shape index (κ1) is 9.21. The summed E-state index contributed by atoms with van der Waals surface area (Å²) in [7, 11) is 0. The van der Waals surface area contributed by atoms with E-state index in [1.54, 1.807) is 12.3 Å². The van der Waals surface area contributed by atoms with Crippen LogP contribution in [0, 0.1) is 5.21 Å². The summed E-state index contributed by atoms with van der Waals surface area (Å²) in [5, 5.41) is 11.6. The highest BCUT2D eigenvalue weighted by molar-refractivity contribution is 6.30. The largest absolute Gasteiger partial charge is 0.619 e. The topological polar surface area (TPSA) is 38.4 Å². The minimum atomic E-state index is 0.0659. The Morgan fingerprint density at radius 3 is 3.14 bits per heavy atom. The maximum absolute atomic E-state index is 11.0. The standard InChI is InChI=1S/C10H9ClN2O/c1-13(14)10-5-7-3-2-4-12-9(7)6-8(10)11/h2-5,9H,1,6H2. The molecule has 3 nitrogen and oxygen atoms in total. The van der Waals surface area contributed by atoms with Gasteiger partial charge in [0.25, 0.3) is 0 Å². The maximum Gasteiger partial charge on any atom is 0.230 e. The van der Waals surface area contributed by atoms with E-state index in [0.717, 1.165) is 5.57 Å². The molecule has 0 aromatic carbocycles. The molecule has 0 amide bonds. The number of nitrogens with zero attached hydrogens (tertiary/aromatic N) is 2. The van der Waals surface area contributed by atoms with Gasteiger partial charge in [0.15, 0.2) is 0 Å². The van der Waals surface area contributed by atoms with Crippen LogP contribution in [0.15, 0.2) is 39.5 Å². The molecule has 0 saturated carbocycles. The van der Waals surface area contributed by atoms with Crippen molar-refractivity contribution in [1.82, 2.24) is 0 Å². The van der Waals surface area contributed by atoms with E-state index >= 15 is 0 Å². The number of hydroxylamine groups is 1. The summed E-state index contributed by atoms with van der Waals surface area (Å²) in [6.07, 6.45) is 7.85. The molecule has 0 fully saturated rings. The van der Waals surface area contributed by atoms with Crippen LogP contribution in [0.4, 0.5) is 0 Å². The third kappa shape index (κ3) is 1.51. The average molecular weight is 209 g/mol. The molecule has 0 spiro atoms. The van der Waals surface area contributed by atoms with Gasteiger partial charge in [-0.3, -0.25) is 4.99 Å². The number of hydrogen-bond acceptors (Lipinski definition) is 2. The summed E-state index contributed by atoms with van der Waals surface area (Å²) in [5.41, 5.74) is 1.44. The molecule has 1 unspecified atom stereocenters. The molecular weight excluding hydrogens is 200 g/mol. The smallest absolute Gasteiger partial charge is 0.230 e. The van der Waals surface area contributed by atoms with Crippen LogP contribution >= 0.6 is 11.6 Å². The Balaban J connectivity index is 2.40. The summed E-state index contributed by atoms with van der Waals surface area (Å²) in [6.45, 7) is 3.28. The van der Waals surface area contributed by atoms with Crippen molar-refractivity contribution in [3.05, 3.63) is 39.7 Å². The third-order valence-electron chi connectivity index (χ3n) is 2.25. The Hall–Kier alpha value is -1.35. The van der Waals surface area contributed by atoms with E-state index in [9.17, 15) is 5.21 Å². The van der Waals surface area contributed by atoms with Gasteiger partial charge in [-0.05, 0) is 11.6 Å². The number of hydrogen-bond donors (Lipinski definition) is 0. The van der Waals surface area contributed by atoms with Crippen LogP contribution in [0.5, 0.6) is 0 Å². The lowest BCUT2D eigenvalue weighted by Gasteiger charge is -2.20. The highest BCUT2D eigenvalue weighted by atomic mass is 35.5. The Morgan fingerprint density at radius 2 is 2.43 bits per heavy atom. The van der Waals surface area contributed by atoms with Crippen LogP contribution < -0.4 is 0 Å². The molecular formula is C10H9ClN2O. The van der Waals surface area contributed by atoms with Crippen LogP contribution in [0.2, 0.25) is 0 Å². The lowest BCUT2D eigenvalue weighted by Crippen LogP contribution is -2.17. The Morgan fingerprint density at radius 1 is 1.64 bits per heavy atom. The number of rotatable bonds is 1. The van der Waals surface area contributed by atoms with Crippen molar-refractivity contribution in [2.75, 3.05) is 0 Å². The maximum atomic E-state index is 11.0. The Labute approximate surface area is 87.0 Å². The predicted molar refractivity (Wildman–Crippen MR) is 57.7 cm³/mol. The van der Waals surface area contributed by atoms with E-state index in [2.05, 4.69) is 11.7 Å². The van der Waals surface area contributed by atoms with E-state index < -0.39 is 0 Å². The average Bonchev–Trinajstić information content (AvgIpc) is 2.16. The number of allylic oxidation sites excluding steroid dienone is 2. The van der Waals surface area contributed by atoms with Crippen LogP contribution in [0.1, 0.15) is 6.42 Å². The monoisotopic (exact) mass is 208 g/mol. The SMILES string of the molecule is C=[N+]([O-])C1=C(Cl)CC2N=CC=CC2=C1. The van der Waals surface area contributed by atoms with Crippen molar-refractivity contribution in [3.8, 4) is 0 Å². The van der Waals surface area contributed by atoms with E-state index in [1.165, 1.54) is 0 Å². The van der Waals surface area contributed by atoms with E-state index in [0.29, 0.717) is 21.9 Å². The van der Waals surface area contributed by atoms with Crippen molar-refractivity contribution >= 4 is 24.5 Å². The zero-order valence-electron chi connectivity index (χ0n) is 7.48. The zero-order chi connectivity index (χ0) is 10.1. The summed E-state index contributed by atoms with van der Waals surface area (Å²) >= 11 is 5.95. The molecule has 0 saturated heterocycles. The highest BCUT2D eigenvalue weighted by Gasteiger charge is 2.24. The molecule has 4 heteroatoms. The number of aliphatic imine (C=N–C) groups is 1. The van der Waals surface area contributed by atoms with Gasteiger partial charge in [0.2, 0.25) is 5.70 Å². The fourth-order valence-electron chi connectivity index (χ4n) is 1.54. The van der Waals surface area contributed by atoms with Crippen molar-refractivity contribution in [2.45, 2.75) is 12.5 Å². The molecule has 72 valence electrons. The van der Waals surface area contributed by atoms with Gasteiger partial charge in [-0.2, -0.15) is 4.74 Å². The quantitative estimate of drug-likeness (QED) is 0.281. The number of dihydropyridines is 1. The molecule has 2 rings (SSSR count). The van der Waals surface area contributed by atoms with Crippen LogP contribution in [0.3, 0.4) is 0 Å². The molecule has 14 heavy (non-hydrogen) atoms. The van der Waals surface area contributed by atoms with Gasteiger partial charge in [0.1, 0.15) is 6.72 Å². The molecule has 0 N–H and O–H groups in total. The normalized spacial score (nSPS) is 24.6. The molecule has 1 aliphatic carbocycles. The van der Waals surface area contributed by atoms with E-state index in [1.807, 2.05) is 12.2 Å². The van der Waals surface area contributed by atoms with Gasteiger partial charge < -0.3 is 5.21 Å². The lowest BCUT2D eigenvalue weighted by molar-refractivity contribution is -0.386. The first-order valence-electron chi connectivity index (χ1n) is 4.26. The van der Waals surface area contributed by atoms with Gasteiger partial charge in [-0.25, -0.2) is 0 Å². The Kier molecular flexibility index (Phi) is 2.25. The van der Waals surface area contributed by atoms with Gasteiger partial charge in [-0.1, -0.05) is 17.7 Å². The van der Waals surface area contributed by atoms with Gasteiger partial charge in [0, 0.05) is 18.7 Å². The number of fused-ring (bicyclic) bond motifs is 1.